The average molecular weight is 344 g/mol. The van der Waals surface area contributed by atoms with E-state index in [1.807, 2.05) is 0 Å². The third kappa shape index (κ3) is 3.23. The number of carbonyl (C=O) groups excluding carboxylic acids is 1. The zero-order valence-electron chi connectivity index (χ0n) is 12.6. The highest BCUT2D eigenvalue weighted by molar-refractivity contribution is 7.84. The van der Waals surface area contributed by atoms with E-state index in [1.54, 1.807) is 36.8 Å². The van der Waals surface area contributed by atoms with Crippen molar-refractivity contribution >= 4 is 22.4 Å². The highest BCUT2D eigenvalue weighted by atomic mass is 32.2. The molecule has 8 heteroatoms. The van der Waals surface area contributed by atoms with Crippen LogP contribution in [0.5, 0.6) is 0 Å². The van der Waals surface area contributed by atoms with Gasteiger partial charge in [-0.15, -0.1) is 0 Å². The quantitative estimate of drug-likeness (QED) is 0.788. The Kier molecular flexibility index (Phi) is 4.48. The molecule has 0 saturated heterocycles. The Bertz CT molecular complexity index is 912. The fraction of sp³-hybridized carbons (Fsp3) is 0.0625. The summed E-state index contributed by atoms with van der Waals surface area (Å²) in [5, 5.41) is 6.67. The Labute approximate surface area is 139 Å². The van der Waals surface area contributed by atoms with Crippen molar-refractivity contribution in [2.45, 2.75) is 4.90 Å². The van der Waals surface area contributed by atoms with Gasteiger partial charge in [0.25, 0.3) is 5.91 Å². The molecular formula is C16H13FN4O2S. The normalized spacial score (nSPS) is 11.9. The number of hydrogen-bond donors (Lipinski definition) is 1. The number of nitrogens with one attached hydrogen (secondary N) is 1. The summed E-state index contributed by atoms with van der Waals surface area (Å²) in [6.45, 7) is 0. The van der Waals surface area contributed by atoms with E-state index in [9.17, 15) is 13.4 Å². The van der Waals surface area contributed by atoms with Gasteiger partial charge in [0.15, 0.2) is 5.82 Å². The maximum Gasteiger partial charge on any atom is 0.259 e. The fourth-order valence-electron chi connectivity index (χ4n) is 2.16. The van der Waals surface area contributed by atoms with Gasteiger partial charge < -0.3 is 5.32 Å². The van der Waals surface area contributed by atoms with Gasteiger partial charge in [-0.05, 0) is 36.4 Å². The summed E-state index contributed by atoms with van der Waals surface area (Å²) in [6, 6.07) is 8.98. The fourth-order valence-corrected chi connectivity index (χ4v) is 2.75. The molecule has 0 aliphatic heterocycles. The first-order valence-corrected chi connectivity index (χ1v) is 8.51. The molecule has 0 spiro atoms. The number of carbonyl (C=O) groups is 1. The third-order valence-electron chi connectivity index (χ3n) is 3.25. The maximum absolute atomic E-state index is 13.9. The first kappa shape index (κ1) is 16.0. The van der Waals surface area contributed by atoms with Crippen LogP contribution in [0.1, 0.15) is 10.4 Å². The number of nitrogens with zero attached hydrogens (tertiary/aromatic N) is 3. The van der Waals surface area contributed by atoms with E-state index in [2.05, 4.69) is 15.4 Å². The minimum absolute atomic E-state index is 0.0895. The molecule has 6 nitrogen and oxygen atoms in total. The van der Waals surface area contributed by atoms with Crippen molar-refractivity contribution in [3.05, 3.63) is 66.4 Å². The number of amides is 1. The standard InChI is InChI=1S/C16H13FN4O2S/c1-24(23)14-6-5-11(10-13(14)17)20-16(22)12-4-2-7-18-15(12)21-9-3-8-19-21/h2-10H,1H3,(H,20,22). The van der Waals surface area contributed by atoms with Crippen molar-refractivity contribution in [1.29, 1.82) is 0 Å². The molecule has 1 amide bonds. The van der Waals surface area contributed by atoms with Crippen LogP contribution < -0.4 is 5.32 Å². The molecular weight excluding hydrogens is 331 g/mol. The lowest BCUT2D eigenvalue weighted by Gasteiger charge is -2.10. The second kappa shape index (κ2) is 6.71. The predicted octanol–water partition coefficient (Wildman–Crippen LogP) is 2.40. The van der Waals surface area contributed by atoms with Gasteiger partial charge in [0.2, 0.25) is 0 Å². The predicted molar refractivity (Wildman–Crippen MR) is 88.0 cm³/mol. The summed E-state index contributed by atoms with van der Waals surface area (Å²) in [5.74, 6) is -0.711. The van der Waals surface area contributed by atoms with Crippen LogP contribution in [0.4, 0.5) is 10.1 Å². The van der Waals surface area contributed by atoms with Gasteiger partial charge in [0, 0.05) is 30.5 Å². The minimum Gasteiger partial charge on any atom is -0.322 e. The minimum atomic E-state index is -1.43. The summed E-state index contributed by atoms with van der Waals surface area (Å²) >= 11 is 0. The number of pyridine rings is 1. The molecule has 0 fully saturated rings. The van der Waals surface area contributed by atoms with Gasteiger partial charge in [0.1, 0.15) is 5.82 Å². The second-order valence-corrected chi connectivity index (χ2v) is 6.23. The second-order valence-electron chi connectivity index (χ2n) is 4.88. The Morgan fingerprint density at radius 3 is 2.75 bits per heavy atom. The van der Waals surface area contributed by atoms with Crippen LogP contribution in [0, 0.1) is 5.82 Å². The average Bonchev–Trinajstić information content (AvgIpc) is 3.09. The van der Waals surface area contributed by atoms with Crippen molar-refractivity contribution in [3.8, 4) is 5.82 Å². The highest BCUT2D eigenvalue weighted by Crippen LogP contribution is 2.19. The lowest BCUT2D eigenvalue weighted by molar-refractivity contribution is 0.102. The highest BCUT2D eigenvalue weighted by Gasteiger charge is 2.15. The SMILES string of the molecule is CS(=O)c1ccc(NC(=O)c2cccnc2-n2cccn2)cc1F. The summed E-state index contributed by atoms with van der Waals surface area (Å²) < 4.78 is 26.7. The number of halogens is 1. The molecule has 0 aliphatic carbocycles. The molecule has 2 aromatic heterocycles. The largest absolute Gasteiger partial charge is 0.322 e. The molecule has 1 N–H and O–H groups in total. The zero-order valence-corrected chi connectivity index (χ0v) is 13.5. The molecule has 1 aromatic carbocycles. The van der Waals surface area contributed by atoms with Gasteiger partial charge in [-0.25, -0.2) is 14.1 Å². The number of anilines is 1. The molecule has 0 bridgehead atoms. The van der Waals surface area contributed by atoms with Crippen LogP contribution in [0.2, 0.25) is 0 Å². The van der Waals surface area contributed by atoms with Gasteiger partial charge in [0.05, 0.1) is 21.3 Å². The summed E-state index contributed by atoms with van der Waals surface area (Å²) in [4.78, 5) is 16.7. The van der Waals surface area contributed by atoms with Crippen molar-refractivity contribution < 1.29 is 13.4 Å². The molecule has 0 aliphatic rings. The summed E-state index contributed by atoms with van der Waals surface area (Å²) in [5.41, 5.74) is 0.562. The van der Waals surface area contributed by atoms with E-state index in [4.69, 9.17) is 0 Å². The Morgan fingerprint density at radius 1 is 1.25 bits per heavy atom. The van der Waals surface area contributed by atoms with Crippen LogP contribution in [0.3, 0.4) is 0 Å². The number of hydrogen-bond acceptors (Lipinski definition) is 4. The van der Waals surface area contributed by atoms with Crippen LogP contribution >= 0.6 is 0 Å². The van der Waals surface area contributed by atoms with Crippen molar-refractivity contribution in [3.63, 3.8) is 0 Å². The van der Waals surface area contributed by atoms with Crippen LogP contribution in [0.15, 0.2) is 59.9 Å². The van der Waals surface area contributed by atoms with E-state index < -0.39 is 22.5 Å². The third-order valence-corrected chi connectivity index (χ3v) is 4.20. The molecule has 1 unspecified atom stereocenters. The number of benzene rings is 1. The molecule has 122 valence electrons. The zero-order chi connectivity index (χ0) is 17.1. The van der Waals surface area contributed by atoms with Crippen LogP contribution in [-0.4, -0.2) is 31.1 Å². The van der Waals surface area contributed by atoms with Gasteiger partial charge >= 0.3 is 0 Å². The van der Waals surface area contributed by atoms with Gasteiger partial charge in [-0.2, -0.15) is 5.10 Å². The van der Waals surface area contributed by atoms with E-state index >= 15 is 0 Å². The number of rotatable bonds is 4. The molecule has 1 atom stereocenters. The van der Waals surface area contributed by atoms with Crippen molar-refractivity contribution in [2.24, 2.45) is 0 Å². The van der Waals surface area contributed by atoms with Gasteiger partial charge in [-0.3, -0.25) is 9.00 Å². The molecule has 24 heavy (non-hydrogen) atoms. The molecule has 0 radical (unpaired) electrons. The lowest BCUT2D eigenvalue weighted by atomic mass is 10.2. The number of aromatic nitrogens is 3. The van der Waals surface area contributed by atoms with E-state index in [0.29, 0.717) is 11.4 Å². The Morgan fingerprint density at radius 2 is 2.08 bits per heavy atom. The van der Waals surface area contributed by atoms with E-state index in [0.717, 1.165) is 6.07 Å². The monoisotopic (exact) mass is 344 g/mol. The van der Waals surface area contributed by atoms with Gasteiger partial charge in [-0.1, -0.05) is 0 Å². The van der Waals surface area contributed by atoms with E-state index in [1.165, 1.54) is 23.1 Å². The first-order valence-electron chi connectivity index (χ1n) is 6.95. The molecule has 3 rings (SSSR count). The van der Waals surface area contributed by atoms with Crippen LogP contribution in [-0.2, 0) is 10.8 Å². The van der Waals surface area contributed by atoms with E-state index in [-0.39, 0.29) is 10.6 Å². The smallest absolute Gasteiger partial charge is 0.259 e. The first-order chi connectivity index (χ1) is 11.6. The van der Waals surface area contributed by atoms with Crippen molar-refractivity contribution in [1.82, 2.24) is 14.8 Å². The van der Waals surface area contributed by atoms with Crippen LogP contribution in [0.25, 0.3) is 5.82 Å². The summed E-state index contributed by atoms with van der Waals surface area (Å²) in [6.07, 6.45) is 6.20. The summed E-state index contributed by atoms with van der Waals surface area (Å²) in [7, 11) is -1.43. The lowest BCUT2D eigenvalue weighted by Crippen LogP contribution is -2.16. The molecule has 2 heterocycles. The topological polar surface area (TPSA) is 76.9 Å². The Hall–Kier alpha value is -2.87. The maximum atomic E-state index is 13.9. The molecule has 3 aromatic rings. The Balaban J connectivity index is 1.89. The molecule has 0 saturated carbocycles. The van der Waals surface area contributed by atoms with Crippen molar-refractivity contribution in [2.75, 3.05) is 11.6 Å².